The number of rotatable bonds is 4. The highest BCUT2D eigenvalue weighted by Crippen LogP contribution is 2.31. The molecule has 94 valence electrons. The molecule has 0 fully saturated rings. The number of ether oxygens (including phenoxy) is 1. The van der Waals surface area contributed by atoms with Gasteiger partial charge in [-0.05, 0) is 11.6 Å². The highest BCUT2D eigenvalue weighted by Gasteiger charge is 2.32. The van der Waals surface area contributed by atoms with Crippen molar-refractivity contribution in [2.45, 2.75) is 18.7 Å². The lowest BCUT2D eigenvalue weighted by Crippen LogP contribution is -2.20. The van der Waals surface area contributed by atoms with Gasteiger partial charge in [0.2, 0.25) is 0 Å². The van der Waals surface area contributed by atoms with Crippen LogP contribution in [0.2, 0.25) is 0 Å². The lowest BCUT2D eigenvalue weighted by molar-refractivity contribution is -0.147. The van der Waals surface area contributed by atoms with E-state index >= 15 is 0 Å². The average molecular weight is 246 g/mol. The number of hydrogen-bond acceptors (Lipinski definition) is 2. The summed E-state index contributed by atoms with van der Waals surface area (Å²) in [6.07, 6.45) is -7.40. The summed E-state index contributed by atoms with van der Waals surface area (Å²) in [6, 6.07) is 6.48. The number of para-hydroxylation sites is 1. The van der Waals surface area contributed by atoms with Crippen molar-refractivity contribution in [3.8, 4) is 5.75 Å². The monoisotopic (exact) mass is 246 g/mol. The molecule has 0 aliphatic heterocycles. The molecule has 1 rings (SSSR count). The summed E-state index contributed by atoms with van der Waals surface area (Å²) in [5.74, 6) is 0.388. The summed E-state index contributed by atoms with van der Waals surface area (Å²) in [5.41, 5.74) is 0.381. The predicted octanol–water partition coefficient (Wildman–Crippen LogP) is 3.02. The molecule has 17 heavy (non-hydrogen) atoms. The Balaban J connectivity index is 2.89. The first-order chi connectivity index (χ1) is 7.85. The van der Waals surface area contributed by atoms with Crippen LogP contribution in [0.1, 0.15) is 12.0 Å². The molecule has 0 aliphatic carbocycles. The molecule has 2 nitrogen and oxygen atoms in total. The van der Waals surface area contributed by atoms with Crippen LogP contribution in [-0.2, 0) is 0 Å². The normalized spacial score (nSPS) is 13.2. The molecule has 0 aromatic heterocycles. The summed E-state index contributed by atoms with van der Waals surface area (Å²) >= 11 is 0. The van der Waals surface area contributed by atoms with E-state index in [9.17, 15) is 18.3 Å². The first kappa shape index (κ1) is 13.6. The van der Waals surface area contributed by atoms with Gasteiger partial charge in [0.05, 0.1) is 19.6 Å². The van der Waals surface area contributed by atoms with Gasteiger partial charge in [-0.1, -0.05) is 24.8 Å². The minimum Gasteiger partial charge on any atom is -0.496 e. The zero-order chi connectivity index (χ0) is 13.1. The number of hydrogen-bond donors (Lipinski definition) is 1. The Hall–Kier alpha value is -1.49. The molecule has 1 aromatic rings. The number of methoxy groups -OCH3 is 1. The number of halogens is 3. The fraction of sp³-hybridized carbons (Fsp3) is 0.333. The highest BCUT2D eigenvalue weighted by atomic mass is 19.4. The van der Waals surface area contributed by atoms with Gasteiger partial charge in [-0.3, -0.25) is 0 Å². The van der Waals surface area contributed by atoms with Crippen LogP contribution >= 0.6 is 0 Å². The summed E-state index contributed by atoms with van der Waals surface area (Å²) in [5, 5.41) is 9.45. The molecule has 1 N–H and O–H groups in total. The molecule has 0 bridgehead atoms. The summed E-state index contributed by atoms with van der Waals surface area (Å²) in [6.45, 7) is 3.49. The Kier molecular flexibility index (Phi) is 4.17. The number of aliphatic hydroxyl groups excluding tert-OH is 1. The van der Waals surface area contributed by atoms with Crippen molar-refractivity contribution < 1.29 is 23.0 Å². The van der Waals surface area contributed by atoms with E-state index in [1.54, 1.807) is 24.3 Å². The molecule has 1 unspecified atom stereocenters. The van der Waals surface area contributed by atoms with Gasteiger partial charge in [0.1, 0.15) is 5.75 Å². The van der Waals surface area contributed by atoms with E-state index in [0.29, 0.717) is 11.3 Å². The second-order valence-corrected chi connectivity index (χ2v) is 3.56. The maximum atomic E-state index is 12.1. The van der Waals surface area contributed by atoms with E-state index in [0.717, 1.165) is 0 Å². The van der Waals surface area contributed by atoms with Gasteiger partial charge in [-0.2, -0.15) is 13.2 Å². The zero-order valence-corrected chi connectivity index (χ0v) is 9.29. The van der Waals surface area contributed by atoms with E-state index in [4.69, 9.17) is 4.74 Å². The molecule has 0 radical (unpaired) electrons. The Morgan fingerprint density at radius 2 is 2.00 bits per heavy atom. The van der Waals surface area contributed by atoms with Crippen LogP contribution in [0.3, 0.4) is 0 Å². The minimum atomic E-state index is -4.43. The molecule has 0 spiro atoms. The maximum absolute atomic E-state index is 12.1. The third-order valence-corrected chi connectivity index (χ3v) is 2.28. The molecule has 5 heteroatoms. The van der Waals surface area contributed by atoms with Crippen LogP contribution in [0.4, 0.5) is 13.2 Å². The lowest BCUT2D eigenvalue weighted by atomic mass is 9.99. The smallest absolute Gasteiger partial charge is 0.391 e. The van der Waals surface area contributed by atoms with E-state index in [-0.39, 0.29) is 5.57 Å². The van der Waals surface area contributed by atoms with Crippen molar-refractivity contribution >= 4 is 5.57 Å². The molecule has 1 atom stereocenters. The van der Waals surface area contributed by atoms with Gasteiger partial charge in [0.15, 0.2) is 0 Å². The van der Waals surface area contributed by atoms with Gasteiger partial charge in [0, 0.05) is 5.56 Å². The van der Waals surface area contributed by atoms with Gasteiger partial charge in [0.25, 0.3) is 0 Å². The first-order valence-corrected chi connectivity index (χ1v) is 4.92. The zero-order valence-electron chi connectivity index (χ0n) is 9.29. The standard InChI is InChI=1S/C12H13F3O2/c1-8(10(16)7-12(13,14)15)9-5-3-4-6-11(9)17-2/h3-6,10,16H,1,7H2,2H3. The topological polar surface area (TPSA) is 29.5 Å². The Morgan fingerprint density at radius 3 is 2.53 bits per heavy atom. The number of alkyl halides is 3. The van der Waals surface area contributed by atoms with E-state index in [1.165, 1.54) is 7.11 Å². The summed E-state index contributed by atoms with van der Waals surface area (Å²) in [4.78, 5) is 0. The van der Waals surface area contributed by atoms with Crippen LogP contribution in [0.25, 0.3) is 5.57 Å². The number of aliphatic hydroxyl groups is 1. The quantitative estimate of drug-likeness (QED) is 0.884. The minimum absolute atomic E-state index is 0.000208. The van der Waals surface area contributed by atoms with E-state index in [2.05, 4.69) is 6.58 Å². The molecule has 0 saturated heterocycles. The molecule has 1 aromatic carbocycles. The largest absolute Gasteiger partial charge is 0.496 e. The maximum Gasteiger partial charge on any atom is 0.391 e. The first-order valence-electron chi connectivity index (χ1n) is 4.92. The van der Waals surface area contributed by atoms with Crippen LogP contribution < -0.4 is 4.74 Å². The third kappa shape index (κ3) is 3.78. The van der Waals surface area contributed by atoms with Gasteiger partial charge in [-0.25, -0.2) is 0 Å². The van der Waals surface area contributed by atoms with Gasteiger partial charge >= 0.3 is 6.18 Å². The Bertz CT molecular complexity index is 399. The van der Waals surface area contributed by atoms with Crippen molar-refractivity contribution in [3.05, 3.63) is 36.4 Å². The van der Waals surface area contributed by atoms with Gasteiger partial charge < -0.3 is 9.84 Å². The molecular formula is C12H13F3O2. The van der Waals surface area contributed by atoms with Crippen LogP contribution in [-0.4, -0.2) is 24.5 Å². The molecule has 0 heterocycles. The lowest BCUT2D eigenvalue weighted by Gasteiger charge is -2.17. The van der Waals surface area contributed by atoms with Crippen molar-refractivity contribution in [2.24, 2.45) is 0 Å². The highest BCUT2D eigenvalue weighted by molar-refractivity contribution is 5.71. The Morgan fingerprint density at radius 1 is 1.41 bits per heavy atom. The van der Waals surface area contributed by atoms with Gasteiger partial charge in [-0.15, -0.1) is 0 Å². The number of benzene rings is 1. The molecule has 0 aliphatic rings. The predicted molar refractivity (Wildman–Crippen MR) is 58.7 cm³/mol. The average Bonchev–Trinajstić information content (AvgIpc) is 2.25. The van der Waals surface area contributed by atoms with Crippen molar-refractivity contribution in [3.63, 3.8) is 0 Å². The van der Waals surface area contributed by atoms with Crippen LogP contribution in [0, 0.1) is 0 Å². The van der Waals surface area contributed by atoms with E-state index in [1.807, 2.05) is 0 Å². The molecule has 0 amide bonds. The van der Waals surface area contributed by atoms with Crippen LogP contribution in [0.15, 0.2) is 30.8 Å². The summed E-state index contributed by atoms with van der Waals surface area (Å²) in [7, 11) is 1.41. The fourth-order valence-corrected chi connectivity index (χ4v) is 1.43. The van der Waals surface area contributed by atoms with Crippen molar-refractivity contribution in [2.75, 3.05) is 7.11 Å². The second-order valence-electron chi connectivity index (χ2n) is 3.56. The second kappa shape index (κ2) is 5.23. The Labute approximate surface area is 97.3 Å². The third-order valence-electron chi connectivity index (χ3n) is 2.28. The molecular weight excluding hydrogens is 233 g/mol. The van der Waals surface area contributed by atoms with Crippen molar-refractivity contribution in [1.82, 2.24) is 0 Å². The van der Waals surface area contributed by atoms with Crippen LogP contribution in [0.5, 0.6) is 5.75 Å². The van der Waals surface area contributed by atoms with Crippen molar-refractivity contribution in [1.29, 1.82) is 0 Å². The van der Waals surface area contributed by atoms with E-state index < -0.39 is 18.7 Å². The molecule has 0 saturated carbocycles. The summed E-state index contributed by atoms with van der Waals surface area (Å²) < 4.78 is 41.4. The SMILES string of the molecule is C=C(c1ccccc1OC)C(O)CC(F)(F)F. The fourth-order valence-electron chi connectivity index (χ4n) is 1.43.